The largest absolute Gasteiger partial charge is 0.455 e. The summed E-state index contributed by atoms with van der Waals surface area (Å²) >= 11 is 0. The normalized spacial score (nSPS) is 13.5. The van der Waals surface area contributed by atoms with E-state index >= 15 is 0 Å². The van der Waals surface area contributed by atoms with Crippen LogP contribution in [-0.4, -0.2) is 29.7 Å². The lowest BCUT2D eigenvalue weighted by Crippen LogP contribution is -2.40. The number of halogens is 6. The number of rotatable bonds is 5. The molecule has 0 heterocycles. The van der Waals surface area contributed by atoms with Gasteiger partial charge in [-0.1, -0.05) is 5.16 Å². The van der Waals surface area contributed by atoms with Crippen molar-refractivity contribution >= 4 is 5.84 Å². The van der Waals surface area contributed by atoms with Gasteiger partial charge in [-0.2, -0.15) is 22.0 Å². The molecule has 0 aliphatic rings. The fourth-order valence-corrected chi connectivity index (χ4v) is 1.32. The second-order valence-corrected chi connectivity index (χ2v) is 4.03. The van der Waals surface area contributed by atoms with E-state index in [0.717, 1.165) is 18.2 Å². The third-order valence-corrected chi connectivity index (χ3v) is 2.33. The first-order valence-electron chi connectivity index (χ1n) is 5.36. The number of oxime groups is 1. The predicted molar refractivity (Wildman–Crippen MR) is 59.6 cm³/mol. The van der Waals surface area contributed by atoms with E-state index in [2.05, 4.69) is 9.89 Å². The molecule has 0 aliphatic heterocycles. The Kier molecular flexibility index (Phi) is 5.05. The smallest absolute Gasteiger partial charge is 0.409 e. The van der Waals surface area contributed by atoms with Gasteiger partial charge in [-0.15, -0.1) is 0 Å². The minimum absolute atomic E-state index is 0.0467. The molecule has 3 N–H and O–H groups in total. The average molecular weight is 316 g/mol. The van der Waals surface area contributed by atoms with Crippen LogP contribution in [-0.2, 0) is 11.3 Å². The van der Waals surface area contributed by atoms with Gasteiger partial charge in [0.25, 0.3) is 0 Å². The Morgan fingerprint density at radius 2 is 1.81 bits per heavy atom. The molecule has 0 unspecified atom stereocenters. The van der Waals surface area contributed by atoms with Crippen molar-refractivity contribution in [3.8, 4) is 0 Å². The van der Waals surface area contributed by atoms with Gasteiger partial charge in [-0.3, -0.25) is 0 Å². The molecule has 0 fully saturated rings. The first kappa shape index (κ1) is 17.1. The summed E-state index contributed by atoms with van der Waals surface area (Å²) in [5.41, 5.74) is 5.09. The lowest BCUT2D eigenvalue weighted by Gasteiger charge is -2.19. The molecule has 0 saturated carbocycles. The molecule has 1 aromatic carbocycles. The molecule has 10 heteroatoms. The van der Waals surface area contributed by atoms with E-state index in [4.69, 9.17) is 10.9 Å². The quantitative estimate of drug-likeness (QED) is 0.288. The van der Waals surface area contributed by atoms with Crippen molar-refractivity contribution in [2.24, 2.45) is 10.9 Å². The van der Waals surface area contributed by atoms with Gasteiger partial charge in [-0.25, -0.2) is 4.39 Å². The summed E-state index contributed by atoms with van der Waals surface area (Å²) < 4.78 is 78.3. The summed E-state index contributed by atoms with van der Waals surface area (Å²) in [6.45, 7) is -2.60. The summed E-state index contributed by atoms with van der Waals surface area (Å²) in [5.74, 6) is -6.30. The Hall–Kier alpha value is -1.97. The third kappa shape index (κ3) is 4.52. The maximum absolute atomic E-state index is 13.2. The minimum Gasteiger partial charge on any atom is -0.409 e. The molecule has 1 rings (SSSR count). The zero-order chi connectivity index (χ0) is 16.3. The maximum Gasteiger partial charge on any atom is 0.455 e. The van der Waals surface area contributed by atoms with Gasteiger partial charge in [0.05, 0.1) is 6.61 Å². The van der Waals surface area contributed by atoms with E-state index in [-0.39, 0.29) is 11.1 Å². The molecule has 21 heavy (non-hydrogen) atoms. The molecule has 0 amide bonds. The molecule has 0 aromatic heterocycles. The van der Waals surface area contributed by atoms with Gasteiger partial charge in [-0.05, 0) is 23.8 Å². The highest BCUT2D eigenvalue weighted by molar-refractivity contribution is 5.97. The first-order chi connectivity index (χ1) is 9.56. The lowest BCUT2D eigenvalue weighted by molar-refractivity contribution is -0.297. The van der Waals surface area contributed by atoms with Crippen LogP contribution in [0, 0.1) is 5.82 Å². The van der Waals surface area contributed by atoms with E-state index in [1.165, 1.54) is 0 Å². The van der Waals surface area contributed by atoms with Crippen LogP contribution in [0.3, 0.4) is 0 Å². The molecule has 118 valence electrons. The minimum atomic E-state index is -5.73. The maximum atomic E-state index is 13.2. The van der Waals surface area contributed by atoms with Crippen LogP contribution >= 0.6 is 0 Å². The third-order valence-electron chi connectivity index (χ3n) is 2.33. The average Bonchev–Trinajstić information content (AvgIpc) is 2.35. The van der Waals surface area contributed by atoms with Crippen LogP contribution in [0.5, 0.6) is 0 Å². The van der Waals surface area contributed by atoms with Crippen molar-refractivity contribution in [1.82, 2.24) is 0 Å². The summed E-state index contributed by atoms with van der Waals surface area (Å²) in [4.78, 5) is 0. The monoisotopic (exact) mass is 316 g/mol. The zero-order valence-corrected chi connectivity index (χ0v) is 10.3. The van der Waals surface area contributed by atoms with E-state index < -0.39 is 37.0 Å². The molecular weight excluding hydrogens is 306 g/mol. The van der Waals surface area contributed by atoms with E-state index in [1.54, 1.807) is 0 Å². The van der Waals surface area contributed by atoms with Gasteiger partial charge in [0, 0.05) is 5.56 Å². The van der Waals surface area contributed by atoms with Gasteiger partial charge in [0.1, 0.15) is 12.4 Å². The number of hydrogen-bond acceptors (Lipinski definition) is 3. The van der Waals surface area contributed by atoms with Crippen molar-refractivity contribution < 1.29 is 36.3 Å². The Bertz CT molecular complexity index is 530. The van der Waals surface area contributed by atoms with Crippen LogP contribution in [0.4, 0.5) is 26.3 Å². The van der Waals surface area contributed by atoms with Gasteiger partial charge in [0.2, 0.25) is 0 Å². The summed E-state index contributed by atoms with van der Waals surface area (Å²) in [6.07, 6.45) is -5.73. The molecular formula is C11H10F6N2O2. The Balaban J connectivity index is 2.75. The highest BCUT2D eigenvalue weighted by Crippen LogP contribution is 2.35. The Labute approximate surface area is 114 Å². The van der Waals surface area contributed by atoms with E-state index in [0.29, 0.717) is 0 Å². The van der Waals surface area contributed by atoms with Crippen LogP contribution in [0.15, 0.2) is 23.4 Å². The molecule has 0 atom stereocenters. The number of nitrogens with two attached hydrogens (primary N) is 1. The van der Waals surface area contributed by atoms with Crippen molar-refractivity contribution in [2.45, 2.75) is 18.7 Å². The summed E-state index contributed by atoms with van der Waals surface area (Å²) in [6, 6.07) is 2.88. The summed E-state index contributed by atoms with van der Waals surface area (Å²) in [7, 11) is 0. The summed E-state index contributed by atoms with van der Waals surface area (Å²) in [5, 5.41) is 11.0. The topological polar surface area (TPSA) is 67.8 Å². The number of hydrogen-bond donors (Lipinski definition) is 2. The Morgan fingerprint density at radius 1 is 1.19 bits per heavy atom. The molecule has 0 radical (unpaired) electrons. The van der Waals surface area contributed by atoms with Crippen LogP contribution < -0.4 is 5.73 Å². The molecule has 0 saturated heterocycles. The van der Waals surface area contributed by atoms with Crippen molar-refractivity contribution in [3.63, 3.8) is 0 Å². The fraction of sp³-hybridized carbons (Fsp3) is 0.364. The van der Waals surface area contributed by atoms with Crippen molar-refractivity contribution in [2.75, 3.05) is 6.61 Å². The predicted octanol–water partition coefficient (Wildman–Crippen LogP) is 2.63. The highest BCUT2D eigenvalue weighted by Gasteiger charge is 2.57. The SMILES string of the molecule is N/C(=N/O)c1cc(F)cc(COCC(F)(F)C(F)(F)F)c1. The van der Waals surface area contributed by atoms with Gasteiger partial charge < -0.3 is 15.7 Å². The second kappa shape index (κ2) is 6.20. The molecule has 0 bridgehead atoms. The van der Waals surface area contributed by atoms with E-state index in [1.807, 2.05) is 0 Å². The van der Waals surface area contributed by atoms with Crippen LogP contribution in [0.2, 0.25) is 0 Å². The van der Waals surface area contributed by atoms with Crippen molar-refractivity contribution in [3.05, 3.63) is 35.1 Å². The number of ether oxygens (including phenoxy) is 1. The standard InChI is InChI=1S/C11H10F6N2O2/c12-8-2-6(1-7(3-8)9(18)19-20)4-21-5-10(13,14)11(15,16)17/h1-3,20H,4-5H2,(H2,18,19). The highest BCUT2D eigenvalue weighted by atomic mass is 19.4. The number of alkyl halides is 5. The Morgan fingerprint density at radius 3 is 2.33 bits per heavy atom. The lowest BCUT2D eigenvalue weighted by atomic mass is 10.1. The zero-order valence-electron chi connectivity index (χ0n) is 10.3. The van der Waals surface area contributed by atoms with Gasteiger partial charge >= 0.3 is 12.1 Å². The number of amidine groups is 1. The van der Waals surface area contributed by atoms with E-state index in [9.17, 15) is 26.3 Å². The molecule has 0 aliphatic carbocycles. The van der Waals surface area contributed by atoms with Gasteiger partial charge in [0.15, 0.2) is 5.84 Å². The van der Waals surface area contributed by atoms with Crippen molar-refractivity contribution in [1.29, 1.82) is 0 Å². The molecule has 0 spiro atoms. The number of benzene rings is 1. The molecule has 1 aromatic rings. The molecule has 4 nitrogen and oxygen atoms in total. The fourth-order valence-electron chi connectivity index (χ4n) is 1.32. The second-order valence-electron chi connectivity index (χ2n) is 4.03. The van der Waals surface area contributed by atoms with Crippen LogP contribution in [0.25, 0.3) is 0 Å². The number of nitrogens with zero attached hydrogens (tertiary/aromatic N) is 1. The first-order valence-corrected chi connectivity index (χ1v) is 5.36. The van der Waals surface area contributed by atoms with Crippen LogP contribution in [0.1, 0.15) is 11.1 Å².